The predicted octanol–water partition coefficient (Wildman–Crippen LogP) is 4.81. The zero-order chi connectivity index (χ0) is 20.6. The lowest BCUT2D eigenvalue weighted by atomic mass is 10.1. The molecule has 0 fully saturated rings. The fourth-order valence-electron chi connectivity index (χ4n) is 2.94. The van der Waals surface area contributed by atoms with Crippen LogP contribution in [-0.4, -0.2) is 22.2 Å². The first-order valence-corrected chi connectivity index (χ1v) is 10.2. The van der Waals surface area contributed by atoms with Crippen molar-refractivity contribution in [1.82, 2.24) is 15.1 Å². The third-order valence-electron chi connectivity index (χ3n) is 4.66. The minimum absolute atomic E-state index is 0.0890. The van der Waals surface area contributed by atoms with Gasteiger partial charge in [0.25, 0.3) is 5.91 Å². The summed E-state index contributed by atoms with van der Waals surface area (Å²) in [4.78, 5) is 12.4. The molecule has 0 bridgehead atoms. The summed E-state index contributed by atoms with van der Waals surface area (Å²) >= 11 is 6.00. The summed E-state index contributed by atoms with van der Waals surface area (Å²) < 4.78 is 7.63. The molecule has 6 heteroatoms. The van der Waals surface area contributed by atoms with Crippen LogP contribution in [0.5, 0.6) is 5.75 Å². The average molecular weight is 412 g/mol. The van der Waals surface area contributed by atoms with Gasteiger partial charge in [0, 0.05) is 24.8 Å². The molecule has 0 spiro atoms. The summed E-state index contributed by atoms with van der Waals surface area (Å²) in [5, 5.41) is 7.92. The van der Waals surface area contributed by atoms with E-state index >= 15 is 0 Å². The Kier molecular flexibility index (Phi) is 7.30. The molecule has 0 atom stereocenters. The summed E-state index contributed by atoms with van der Waals surface area (Å²) in [6, 6.07) is 15.6. The van der Waals surface area contributed by atoms with Gasteiger partial charge in [-0.05, 0) is 55.2 Å². The van der Waals surface area contributed by atoms with Crippen molar-refractivity contribution in [2.45, 2.75) is 39.8 Å². The maximum atomic E-state index is 12.4. The number of rotatable bonds is 9. The largest absolute Gasteiger partial charge is 0.489 e. The Hall–Kier alpha value is -2.79. The van der Waals surface area contributed by atoms with Gasteiger partial charge in [-0.3, -0.25) is 9.48 Å². The number of carbonyl (C=O) groups excluding carboxylic acids is 1. The van der Waals surface area contributed by atoms with Crippen LogP contribution >= 0.6 is 11.6 Å². The van der Waals surface area contributed by atoms with Gasteiger partial charge >= 0.3 is 0 Å². The highest BCUT2D eigenvalue weighted by Gasteiger charge is 2.07. The van der Waals surface area contributed by atoms with E-state index in [1.807, 2.05) is 43.3 Å². The summed E-state index contributed by atoms with van der Waals surface area (Å²) in [6.07, 6.45) is 3.59. The van der Waals surface area contributed by atoms with Gasteiger partial charge in [0.15, 0.2) is 0 Å². The molecular formula is C23H26ClN3O2. The van der Waals surface area contributed by atoms with Gasteiger partial charge in [0.2, 0.25) is 0 Å². The van der Waals surface area contributed by atoms with Crippen LogP contribution in [-0.2, 0) is 19.6 Å². The number of benzene rings is 2. The predicted molar refractivity (Wildman–Crippen MR) is 116 cm³/mol. The van der Waals surface area contributed by atoms with Crippen LogP contribution in [0.4, 0.5) is 0 Å². The van der Waals surface area contributed by atoms with Crippen molar-refractivity contribution in [3.63, 3.8) is 0 Å². The molecule has 0 radical (unpaired) electrons. The van der Waals surface area contributed by atoms with Crippen LogP contribution in [0.1, 0.15) is 40.5 Å². The van der Waals surface area contributed by atoms with E-state index in [-0.39, 0.29) is 5.91 Å². The van der Waals surface area contributed by atoms with Gasteiger partial charge in [-0.2, -0.15) is 5.10 Å². The Bertz CT molecular complexity index is 932. The second-order valence-corrected chi connectivity index (χ2v) is 7.33. The van der Waals surface area contributed by atoms with Gasteiger partial charge in [0.05, 0.1) is 10.7 Å². The summed E-state index contributed by atoms with van der Waals surface area (Å²) in [5.41, 5.74) is 3.68. The number of nitrogens with one attached hydrogen (secondary N) is 1. The van der Waals surface area contributed by atoms with E-state index in [0.29, 0.717) is 30.3 Å². The molecule has 152 valence electrons. The number of hydrogen-bond donors (Lipinski definition) is 1. The molecule has 0 unspecified atom stereocenters. The number of ether oxygens (including phenoxy) is 1. The Balaban J connectivity index is 1.46. The van der Waals surface area contributed by atoms with Gasteiger partial charge in [-0.25, -0.2) is 0 Å². The number of aromatic nitrogens is 2. The number of carbonyl (C=O) groups is 1. The quantitative estimate of drug-likeness (QED) is 0.514. The first-order valence-electron chi connectivity index (χ1n) is 9.83. The molecule has 0 aliphatic heterocycles. The molecule has 1 N–H and O–H groups in total. The highest BCUT2D eigenvalue weighted by atomic mass is 35.5. The fourth-order valence-corrected chi connectivity index (χ4v) is 3.09. The molecule has 0 saturated heterocycles. The topological polar surface area (TPSA) is 56.1 Å². The first kappa shape index (κ1) is 20.9. The minimum Gasteiger partial charge on any atom is -0.489 e. The second-order valence-electron chi connectivity index (χ2n) is 6.92. The third-order valence-corrected chi connectivity index (χ3v) is 5.03. The van der Waals surface area contributed by atoms with Crippen molar-refractivity contribution in [3.05, 3.63) is 82.1 Å². The summed E-state index contributed by atoms with van der Waals surface area (Å²) in [6.45, 7) is 5.70. The summed E-state index contributed by atoms with van der Waals surface area (Å²) in [7, 11) is 0. The van der Waals surface area contributed by atoms with E-state index in [1.54, 1.807) is 10.9 Å². The molecule has 3 rings (SSSR count). The molecule has 1 amide bonds. The molecule has 2 aromatic carbocycles. The molecule has 5 nitrogen and oxygen atoms in total. The third kappa shape index (κ3) is 6.09. The van der Waals surface area contributed by atoms with Crippen LogP contribution in [0.3, 0.4) is 0 Å². The van der Waals surface area contributed by atoms with Crippen molar-refractivity contribution in [1.29, 1.82) is 0 Å². The molecule has 1 aromatic heterocycles. The maximum Gasteiger partial charge on any atom is 0.251 e. The molecule has 1 heterocycles. The van der Waals surface area contributed by atoms with Crippen molar-refractivity contribution in [2.75, 3.05) is 6.54 Å². The minimum atomic E-state index is -0.0890. The Morgan fingerprint density at radius 3 is 2.66 bits per heavy atom. The van der Waals surface area contributed by atoms with E-state index < -0.39 is 0 Å². The lowest BCUT2D eigenvalue weighted by Crippen LogP contribution is -2.25. The van der Waals surface area contributed by atoms with E-state index in [9.17, 15) is 4.79 Å². The van der Waals surface area contributed by atoms with Gasteiger partial charge < -0.3 is 10.1 Å². The van der Waals surface area contributed by atoms with Gasteiger partial charge in [0.1, 0.15) is 12.4 Å². The second kappa shape index (κ2) is 10.1. The number of amides is 1. The number of hydrogen-bond acceptors (Lipinski definition) is 3. The number of nitrogens with zero attached hydrogens (tertiary/aromatic N) is 2. The van der Waals surface area contributed by atoms with Crippen LogP contribution in [0.2, 0.25) is 5.02 Å². The van der Waals surface area contributed by atoms with Crippen LogP contribution in [0.25, 0.3) is 0 Å². The smallest absolute Gasteiger partial charge is 0.251 e. The van der Waals surface area contributed by atoms with Crippen molar-refractivity contribution in [3.8, 4) is 5.75 Å². The fraction of sp³-hybridized carbons (Fsp3) is 0.304. The Labute approximate surface area is 176 Å². The highest BCUT2D eigenvalue weighted by molar-refractivity contribution is 6.31. The lowest BCUT2D eigenvalue weighted by Gasteiger charge is -2.09. The first-order chi connectivity index (χ1) is 14.0. The Morgan fingerprint density at radius 2 is 1.97 bits per heavy atom. The molecule has 29 heavy (non-hydrogen) atoms. The Morgan fingerprint density at radius 1 is 1.17 bits per heavy atom. The number of aryl methyl sites for hydroxylation is 3. The van der Waals surface area contributed by atoms with Crippen LogP contribution < -0.4 is 10.1 Å². The summed E-state index contributed by atoms with van der Waals surface area (Å²) in [5.74, 6) is 0.736. The molecule has 0 aliphatic rings. The van der Waals surface area contributed by atoms with Crippen LogP contribution in [0.15, 0.2) is 54.7 Å². The highest BCUT2D eigenvalue weighted by Crippen LogP contribution is 2.15. The van der Waals surface area contributed by atoms with Gasteiger partial charge in [-0.15, -0.1) is 0 Å². The lowest BCUT2D eigenvalue weighted by molar-refractivity contribution is 0.0952. The van der Waals surface area contributed by atoms with Crippen LogP contribution in [0, 0.1) is 6.92 Å². The molecule has 0 saturated carbocycles. The van der Waals surface area contributed by atoms with Crippen molar-refractivity contribution < 1.29 is 9.53 Å². The van der Waals surface area contributed by atoms with Gasteiger partial charge in [-0.1, -0.05) is 42.8 Å². The zero-order valence-corrected chi connectivity index (χ0v) is 17.6. The SMILES string of the molecule is CCc1ccc(OCc2cccc(C(=O)NCCCn3cc(Cl)c(C)n3)c2)cc1. The molecular weight excluding hydrogens is 386 g/mol. The normalized spacial score (nSPS) is 10.7. The maximum absolute atomic E-state index is 12.4. The number of halogens is 1. The zero-order valence-electron chi connectivity index (χ0n) is 16.8. The molecule has 0 aliphatic carbocycles. The van der Waals surface area contributed by atoms with E-state index in [2.05, 4.69) is 29.5 Å². The molecule has 3 aromatic rings. The van der Waals surface area contributed by atoms with E-state index in [0.717, 1.165) is 29.8 Å². The van der Waals surface area contributed by atoms with Crippen molar-refractivity contribution >= 4 is 17.5 Å². The van der Waals surface area contributed by atoms with E-state index in [4.69, 9.17) is 16.3 Å². The standard InChI is InChI=1S/C23H26ClN3O2/c1-3-18-8-10-21(11-9-18)29-16-19-6-4-7-20(14-19)23(28)25-12-5-13-27-15-22(24)17(2)26-27/h4,6-11,14-15H,3,5,12-13,16H2,1-2H3,(H,25,28). The van der Waals surface area contributed by atoms with Crippen molar-refractivity contribution in [2.24, 2.45) is 0 Å². The van der Waals surface area contributed by atoms with E-state index in [1.165, 1.54) is 5.56 Å². The monoisotopic (exact) mass is 411 g/mol. The average Bonchev–Trinajstić information content (AvgIpc) is 3.07.